The third kappa shape index (κ3) is 6.32. The zero-order chi connectivity index (χ0) is 21.7. The van der Waals surface area contributed by atoms with E-state index in [4.69, 9.17) is 14.5 Å². The minimum atomic E-state index is -0.508. The summed E-state index contributed by atoms with van der Waals surface area (Å²) in [4.78, 5) is 19.1. The van der Waals surface area contributed by atoms with Crippen LogP contribution < -0.4 is 10.6 Å². The van der Waals surface area contributed by atoms with E-state index in [0.29, 0.717) is 13.1 Å². The number of ether oxygens (including phenoxy) is 2. The Morgan fingerprint density at radius 1 is 1.33 bits per heavy atom. The van der Waals surface area contributed by atoms with Gasteiger partial charge in [0.2, 0.25) is 0 Å². The molecule has 30 heavy (non-hydrogen) atoms. The van der Waals surface area contributed by atoms with Gasteiger partial charge in [0.1, 0.15) is 18.0 Å². The molecule has 0 radical (unpaired) electrons. The number of aliphatic imine (C=N–C) groups is 1. The summed E-state index contributed by atoms with van der Waals surface area (Å²) >= 11 is 0. The standard InChI is InChI=1S/C20H35N7O3/c1-14-24-25-17(26(14)5)12-22-18(21-11-16-7-6-10-29-16)27-9-8-15(13-27)23-19(28)30-20(2,3)4/h15-16H,6-13H2,1-5H3,(H,21,22)(H,23,28). The van der Waals surface area contributed by atoms with Crippen molar-refractivity contribution in [1.29, 1.82) is 0 Å². The number of hydrogen-bond acceptors (Lipinski definition) is 6. The number of nitrogens with one attached hydrogen (secondary N) is 2. The van der Waals surface area contributed by atoms with Crippen LogP contribution in [-0.2, 0) is 23.1 Å². The predicted octanol–water partition coefficient (Wildman–Crippen LogP) is 1.35. The second-order valence-corrected chi connectivity index (χ2v) is 8.96. The van der Waals surface area contributed by atoms with Crippen LogP contribution in [0.5, 0.6) is 0 Å². The zero-order valence-corrected chi connectivity index (χ0v) is 18.8. The second kappa shape index (κ2) is 9.63. The first-order chi connectivity index (χ1) is 14.2. The Balaban J connectivity index is 1.61. The van der Waals surface area contributed by atoms with Crippen LogP contribution in [0.2, 0.25) is 0 Å². The lowest BCUT2D eigenvalue weighted by molar-refractivity contribution is 0.0507. The average Bonchev–Trinajstić information content (AvgIpc) is 3.39. The Hall–Kier alpha value is -2.36. The molecule has 2 fully saturated rings. The predicted molar refractivity (Wildman–Crippen MR) is 113 cm³/mol. The summed E-state index contributed by atoms with van der Waals surface area (Å²) in [6.07, 6.45) is 2.83. The number of rotatable bonds is 5. The van der Waals surface area contributed by atoms with Gasteiger partial charge in [0.05, 0.1) is 12.1 Å². The van der Waals surface area contributed by atoms with Crippen molar-refractivity contribution in [3.63, 3.8) is 0 Å². The quantitative estimate of drug-likeness (QED) is 0.546. The molecule has 0 bridgehead atoms. The van der Waals surface area contributed by atoms with Crippen molar-refractivity contribution < 1.29 is 14.3 Å². The first-order valence-electron chi connectivity index (χ1n) is 10.7. The Kier molecular flexibility index (Phi) is 7.17. The number of carbonyl (C=O) groups is 1. The van der Waals surface area contributed by atoms with Crippen molar-refractivity contribution in [3.05, 3.63) is 11.6 Å². The van der Waals surface area contributed by atoms with Gasteiger partial charge in [-0.2, -0.15) is 0 Å². The van der Waals surface area contributed by atoms with Gasteiger partial charge in [-0.1, -0.05) is 0 Å². The highest BCUT2D eigenvalue weighted by Crippen LogP contribution is 2.14. The first-order valence-corrected chi connectivity index (χ1v) is 10.7. The maximum Gasteiger partial charge on any atom is 0.407 e. The normalized spacial score (nSPS) is 22.4. The van der Waals surface area contributed by atoms with Crippen molar-refractivity contribution in [1.82, 2.24) is 30.3 Å². The van der Waals surface area contributed by atoms with E-state index in [0.717, 1.165) is 56.6 Å². The van der Waals surface area contributed by atoms with Gasteiger partial charge < -0.3 is 29.6 Å². The lowest BCUT2D eigenvalue weighted by atomic mass is 10.2. The van der Waals surface area contributed by atoms with Crippen LogP contribution in [0, 0.1) is 6.92 Å². The smallest absolute Gasteiger partial charge is 0.407 e. The van der Waals surface area contributed by atoms with E-state index in [1.807, 2.05) is 39.3 Å². The molecule has 3 rings (SSSR count). The molecule has 0 spiro atoms. The minimum absolute atomic E-state index is 0.0200. The van der Waals surface area contributed by atoms with Gasteiger partial charge in [-0.15, -0.1) is 10.2 Å². The highest BCUT2D eigenvalue weighted by molar-refractivity contribution is 5.80. The molecule has 2 saturated heterocycles. The van der Waals surface area contributed by atoms with Crippen molar-refractivity contribution in [2.24, 2.45) is 12.0 Å². The third-order valence-corrected chi connectivity index (χ3v) is 5.27. The largest absolute Gasteiger partial charge is 0.444 e. The lowest BCUT2D eigenvalue weighted by Gasteiger charge is -2.24. The van der Waals surface area contributed by atoms with Crippen LogP contribution in [0.1, 0.15) is 51.7 Å². The van der Waals surface area contributed by atoms with Gasteiger partial charge in [-0.25, -0.2) is 9.79 Å². The molecule has 2 aliphatic heterocycles. The molecule has 1 amide bonds. The fraction of sp³-hybridized carbons (Fsp3) is 0.800. The molecular weight excluding hydrogens is 386 g/mol. The van der Waals surface area contributed by atoms with Crippen LogP contribution in [0.3, 0.4) is 0 Å². The highest BCUT2D eigenvalue weighted by Gasteiger charge is 2.28. The summed E-state index contributed by atoms with van der Waals surface area (Å²) in [7, 11) is 1.94. The first kappa shape index (κ1) is 22.3. The zero-order valence-electron chi connectivity index (χ0n) is 18.8. The summed E-state index contributed by atoms with van der Waals surface area (Å²) in [5, 5.41) is 14.7. The van der Waals surface area contributed by atoms with Crippen molar-refractivity contribution in [2.75, 3.05) is 26.2 Å². The summed E-state index contributed by atoms with van der Waals surface area (Å²) < 4.78 is 13.1. The molecule has 0 aliphatic carbocycles. The van der Waals surface area contributed by atoms with Gasteiger partial charge in [0, 0.05) is 33.3 Å². The average molecular weight is 422 g/mol. The van der Waals surface area contributed by atoms with Crippen LogP contribution in [0.25, 0.3) is 0 Å². The number of nitrogens with zero attached hydrogens (tertiary/aromatic N) is 5. The number of amides is 1. The fourth-order valence-electron chi connectivity index (χ4n) is 3.56. The van der Waals surface area contributed by atoms with E-state index in [-0.39, 0.29) is 18.2 Å². The van der Waals surface area contributed by atoms with E-state index in [2.05, 4.69) is 25.7 Å². The molecule has 0 aromatic carbocycles. The van der Waals surface area contributed by atoms with Crippen LogP contribution in [-0.4, -0.2) is 75.7 Å². The third-order valence-electron chi connectivity index (χ3n) is 5.27. The van der Waals surface area contributed by atoms with Crippen LogP contribution in [0.4, 0.5) is 4.79 Å². The van der Waals surface area contributed by atoms with Crippen LogP contribution >= 0.6 is 0 Å². The summed E-state index contributed by atoms with van der Waals surface area (Å²) in [6, 6.07) is 0.0200. The number of guanidine groups is 1. The van der Waals surface area contributed by atoms with Gasteiger partial charge in [0.15, 0.2) is 11.8 Å². The fourth-order valence-corrected chi connectivity index (χ4v) is 3.56. The van der Waals surface area contributed by atoms with E-state index in [1.165, 1.54) is 0 Å². The Morgan fingerprint density at radius 2 is 2.13 bits per heavy atom. The monoisotopic (exact) mass is 421 g/mol. The summed E-state index contributed by atoms with van der Waals surface area (Å²) in [5.41, 5.74) is -0.508. The molecule has 2 aliphatic rings. The number of likely N-dealkylation sites (tertiary alicyclic amines) is 1. The van der Waals surface area contributed by atoms with Gasteiger partial charge in [-0.3, -0.25) is 0 Å². The summed E-state index contributed by atoms with van der Waals surface area (Å²) in [5.74, 6) is 2.48. The molecule has 1 aromatic rings. The van der Waals surface area contributed by atoms with Gasteiger partial charge >= 0.3 is 6.09 Å². The van der Waals surface area contributed by atoms with Gasteiger partial charge in [0.25, 0.3) is 0 Å². The molecule has 2 atom stereocenters. The highest BCUT2D eigenvalue weighted by atomic mass is 16.6. The Labute approximate surface area is 178 Å². The van der Waals surface area contributed by atoms with Gasteiger partial charge in [-0.05, 0) is 47.0 Å². The van der Waals surface area contributed by atoms with E-state index < -0.39 is 5.60 Å². The molecule has 2 N–H and O–H groups in total. The number of alkyl carbamates (subject to hydrolysis) is 1. The summed E-state index contributed by atoms with van der Waals surface area (Å²) in [6.45, 7) is 11.0. The molecule has 0 saturated carbocycles. The molecule has 10 heteroatoms. The molecular formula is C20H35N7O3. The van der Waals surface area contributed by atoms with E-state index in [1.54, 1.807) is 0 Å². The van der Waals surface area contributed by atoms with E-state index >= 15 is 0 Å². The lowest BCUT2D eigenvalue weighted by Crippen LogP contribution is -2.45. The Bertz CT molecular complexity index is 750. The number of aryl methyl sites for hydroxylation is 1. The molecule has 2 unspecified atom stereocenters. The SMILES string of the molecule is Cc1nnc(CN=C(NCC2CCCO2)N2CCC(NC(=O)OC(C)(C)C)C2)n1C. The Morgan fingerprint density at radius 3 is 2.77 bits per heavy atom. The van der Waals surface area contributed by atoms with Crippen LogP contribution in [0.15, 0.2) is 4.99 Å². The topological polar surface area (TPSA) is 106 Å². The number of aromatic nitrogens is 3. The number of hydrogen-bond donors (Lipinski definition) is 2. The van der Waals surface area contributed by atoms with E-state index in [9.17, 15) is 4.79 Å². The minimum Gasteiger partial charge on any atom is -0.444 e. The van der Waals surface area contributed by atoms with Crippen molar-refractivity contribution >= 4 is 12.1 Å². The number of carbonyl (C=O) groups excluding carboxylic acids is 1. The van der Waals surface area contributed by atoms with Crippen molar-refractivity contribution in [2.45, 2.75) is 71.2 Å². The molecule has 1 aromatic heterocycles. The maximum atomic E-state index is 12.1. The molecule has 10 nitrogen and oxygen atoms in total. The second-order valence-electron chi connectivity index (χ2n) is 8.96. The maximum absolute atomic E-state index is 12.1. The van der Waals surface area contributed by atoms with Crippen molar-refractivity contribution in [3.8, 4) is 0 Å². The molecule has 3 heterocycles. The molecule has 168 valence electrons.